The van der Waals surface area contributed by atoms with Gasteiger partial charge in [0.25, 0.3) is 0 Å². The molecule has 0 aliphatic heterocycles. The van der Waals surface area contributed by atoms with Gasteiger partial charge in [0.1, 0.15) is 0 Å². The van der Waals surface area contributed by atoms with E-state index in [0.717, 1.165) is 116 Å². The molecule has 354 valence electrons. The van der Waals surface area contributed by atoms with Gasteiger partial charge in [0.05, 0.1) is 55.5 Å². The molecule has 76 heavy (non-hydrogen) atoms. The zero-order chi connectivity index (χ0) is 49.8. The first kappa shape index (κ1) is 42.0. The molecule has 9 nitrogen and oxygen atoms in total. The van der Waals surface area contributed by atoms with Gasteiger partial charge in [-0.05, 0) is 60.7 Å². The summed E-state index contributed by atoms with van der Waals surface area (Å²) in [5.41, 5.74) is 13.9. The molecule has 0 atom stereocenters. The van der Waals surface area contributed by atoms with Gasteiger partial charge in [0.2, 0.25) is 17.8 Å². The molecule has 0 spiro atoms. The maximum atomic E-state index is 5.60. The maximum absolute atomic E-state index is 5.60. The van der Waals surface area contributed by atoms with E-state index in [1.807, 2.05) is 30.3 Å². The minimum Gasteiger partial charge on any atom is -0.309 e. The summed E-state index contributed by atoms with van der Waals surface area (Å²) in [5.74, 6) is 2.16. The molecule has 0 fully saturated rings. The van der Waals surface area contributed by atoms with Crippen molar-refractivity contribution in [2.24, 2.45) is 0 Å². The van der Waals surface area contributed by atoms with Crippen molar-refractivity contribution >= 4 is 87.2 Å². The number of hydrogen-bond donors (Lipinski definition) is 0. The molecule has 0 N–H and O–H groups in total. The Morgan fingerprint density at radius 3 is 1.21 bits per heavy atom. The van der Waals surface area contributed by atoms with Gasteiger partial charge in [-0.2, -0.15) is 15.0 Å². The molecule has 0 aliphatic rings. The second-order valence-electron chi connectivity index (χ2n) is 19.3. The number of fused-ring (bicyclic) bond motifs is 13. The van der Waals surface area contributed by atoms with E-state index in [2.05, 4.69) is 237 Å². The molecule has 16 aromatic rings. The van der Waals surface area contributed by atoms with Gasteiger partial charge >= 0.3 is 0 Å². The summed E-state index contributed by atoms with van der Waals surface area (Å²) >= 11 is 0. The second-order valence-corrected chi connectivity index (χ2v) is 19.3. The van der Waals surface area contributed by atoms with Crippen LogP contribution in [0.3, 0.4) is 0 Å². The first-order valence-corrected chi connectivity index (χ1v) is 25.5. The number of benzene rings is 10. The van der Waals surface area contributed by atoms with Crippen LogP contribution in [-0.2, 0) is 0 Å². The summed E-state index contributed by atoms with van der Waals surface area (Å²) in [6, 6.07) is 87.2. The van der Waals surface area contributed by atoms with Gasteiger partial charge in [-0.25, -0.2) is 9.97 Å². The fourth-order valence-electron chi connectivity index (χ4n) is 11.8. The monoisotopic (exact) mass is 971 g/mol. The molecule has 9 heteroatoms. The summed E-state index contributed by atoms with van der Waals surface area (Å²) in [6.07, 6.45) is 0. The van der Waals surface area contributed by atoms with Crippen molar-refractivity contribution in [3.8, 4) is 57.4 Å². The zero-order valence-corrected chi connectivity index (χ0v) is 40.7. The van der Waals surface area contributed by atoms with Crippen molar-refractivity contribution in [2.75, 3.05) is 0 Å². The number of rotatable bonds is 7. The quantitative estimate of drug-likeness (QED) is 0.159. The van der Waals surface area contributed by atoms with Crippen molar-refractivity contribution in [1.29, 1.82) is 0 Å². The summed E-state index contributed by atoms with van der Waals surface area (Å²) in [7, 11) is 0. The molecule has 6 aromatic heterocycles. The lowest BCUT2D eigenvalue weighted by atomic mass is 10.1. The highest BCUT2D eigenvalue weighted by atomic mass is 15.3. The average molecular weight is 972 g/mol. The van der Waals surface area contributed by atoms with Crippen molar-refractivity contribution in [3.05, 3.63) is 249 Å². The Kier molecular flexibility index (Phi) is 9.13. The van der Waals surface area contributed by atoms with E-state index < -0.39 is 0 Å². The van der Waals surface area contributed by atoms with Crippen LogP contribution in [0.25, 0.3) is 145 Å². The first-order valence-electron chi connectivity index (χ1n) is 25.5. The molecule has 0 saturated heterocycles. The largest absolute Gasteiger partial charge is 0.309 e. The molecule has 10 aromatic carbocycles. The average Bonchev–Trinajstić information content (AvgIpc) is 4.24. The van der Waals surface area contributed by atoms with Crippen molar-refractivity contribution in [3.63, 3.8) is 0 Å². The third-order valence-corrected chi connectivity index (χ3v) is 15.0. The molecule has 0 radical (unpaired) electrons. The lowest BCUT2D eigenvalue weighted by Crippen LogP contribution is -2.10. The van der Waals surface area contributed by atoms with Crippen LogP contribution in [0.15, 0.2) is 249 Å². The molecule has 0 amide bonds. The molecule has 0 bridgehead atoms. The number of nitrogens with zero attached hydrogens (tertiary/aromatic N) is 9. The van der Waals surface area contributed by atoms with Gasteiger partial charge in [-0.15, -0.1) is 0 Å². The van der Waals surface area contributed by atoms with E-state index >= 15 is 0 Å². The maximum Gasteiger partial charge on any atom is 0.240 e. The fraction of sp³-hybridized carbons (Fsp3) is 0. The van der Waals surface area contributed by atoms with E-state index in [0.29, 0.717) is 23.7 Å². The van der Waals surface area contributed by atoms with Crippen LogP contribution in [-0.4, -0.2) is 43.2 Å². The van der Waals surface area contributed by atoms with Gasteiger partial charge in [0.15, 0.2) is 5.82 Å². The SMILES string of the molecule is c1ccc(-c2cc(-c3ccccc3)nc(-n3c4ccccc4c4ccc5c(c6ccccc6n5-c5nc(-c6ccccc6)nc(-n6c7ccccc7c7cc8c(cc76)c6ccccc6n8-c6ccccc6)n5)c43)n2)cc1. The Morgan fingerprint density at radius 1 is 0.237 bits per heavy atom. The highest BCUT2D eigenvalue weighted by Crippen LogP contribution is 2.43. The van der Waals surface area contributed by atoms with Crippen LogP contribution in [0.2, 0.25) is 0 Å². The topological polar surface area (TPSA) is 84.2 Å². The molecule has 0 saturated carbocycles. The highest BCUT2D eigenvalue weighted by Gasteiger charge is 2.26. The summed E-state index contributed by atoms with van der Waals surface area (Å²) < 4.78 is 9.06. The van der Waals surface area contributed by atoms with Crippen LogP contribution in [0.1, 0.15) is 0 Å². The van der Waals surface area contributed by atoms with Crippen LogP contribution >= 0.6 is 0 Å². The summed E-state index contributed by atoms with van der Waals surface area (Å²) in [6.45, 7) is 0. The zero-order valence-electron chi connectivity index (χ0n) is 40.7. The second kappa shape index (κ2) is 16.5. The third kappa shape index (κ3) is 6.29. The Balaban J connectivity index is 0.994. The molecule has 0 aliphatic carbocycles. The van der Waals surface area contributed by atoms with Crippen LogP contribution < -0.4 is 0 Å². The van der Waals surface area contributed by atoms with E-state index in [-0.39, 0.29) is 0 Å². The van der Waals surface area contributed by atoms with Gasteiger partial charge in [-0.1, -0.05) is 188 Å². The predicted octanol–water partition coefficient (Wildman–Crippen LogP) is 16.1. The van der Waals surface area contributed by atoms with E-state index in [4.69, 9.17) is 24.9 Å². The molecule has 0 unspecified atom stereocenters. The first-order chi connectivity index (χ1) is 37.7. The van der Waals surface area contributed by atoms with Gasteiger partial charge in [0, 0.05) is 65.5 Å². The Bertz CT molecular complexity index is 4920. The van der Waals surface area contributed by atoms with E-state index in [1.54, 1.807) is 0 Å². The normalized spacial score (nSPS) is 11.9. The van der Waals surface area contributed by atoms with Gasteiger partial charge in [-0.3, -0.25) is 13.7 Å². The lowest BCUT2D eigenvalue weighted by Gasteiger charge is -2.13. The smallest absolute Gasteiger partial charge is 0.240 e. The van der Waals surface area contributed by atoms with Crippen LogP contribution in [0.4, 0.5) is 0 Å². The molecule has 6 heterocycles. The standard InChI is InChI=1S/C67H41N9/c1-5-21-42(22-6-1)53-41-54(43-23-7-2-8-24-43)69-65(68-53)76-57-35-19-13-29-46(57)49-37-38-59-62(63(49)76)50-32-16-20-36-58(50)74(59)66-70-64(44-25-9-3-10-26-44)71-67(72-66)75-56-34-18-15-31-48(56)52-39-60-51(40-61(52)75)47-30-14-17-33-55(47)73(60)45-27-11-4-12-28-45/h1-41H. The molecular weight excluding hydrogens is 931 g/mol. The fourth-order valence-corrected chi connectivity index (χ4v) is 11.8. The summed E-state index contributed by atoms with van der Waals surface area (Å²) in [4.78, 5) is 27.3. The minimum atomic E-state index is 0.499. The lowest BCUT2D eigenvalue weighted by molar-refractivity contribution is 0.893. The number of aromatic nitrogens is 9. The Morgan fingerprint density at radius 2 is 0.645 bits per heavy atom. The van der Waals surface area contributed by atoms with Crippen LogP contribution in [0, 0.1) is 0 Å². The summed E-state index contributed by atoms with van der Waals surface area (Å²) in [5, 5.41) is 8.80. The number of hydrogen-bond acceptors (Lipinski definition) is 5. The van der Waals surface area contributed by atoms with Crippen molar-refractivity contribution in [1.82, 2.24) is 43.2 Å². The third-order valence-electron chi connectivity index (χ3n) is 15.0. The van der Waals surface area contributed by atoms with Crippen LogP contribution in [0.5, 0.6) is 0 Å². The van der Waals surface area contributed by atoms with E-state index in [9.17, 15) is 0 Å². The van der Waals surface area contributed by atoms with Gasteiger partial charge < -0.3 is 4.57 Å². The minimum absolute atomic E-state index is 0.499. The van der Waals surface area contributed by atoms with E-state index in [1.165, 1.54) is 5.39 Å². The Hall–Kier alpha value is -10.5. The predicted molar refractivity (Wildman–Crippen MR) is 309 cm³/mol. The molecule has 16 rings (SSSR count). The molecular formula is C67H41N9. The number of para-hydroxylation sites is 5. The highest BCUT2D eigenvalue weighted by molar-refractivity contribution is 6.26. The van der Waals surface area contributed by atoms with Crippen molar-refractivity contribution in [2.45, 2.75) is 0 Å². The van der Waals surface area contributed by atoms with Crippen molar-refractivity contribution < 1.29 is 0 Å². The Labute approximate surface area is 434 Å².